The number of hydrogen-bond acceptors (Lipinski definition) is 0. The van der Waals surface area contributed by atoms with Gasteiger partial charge in [0.25, 0.3) is 0 Å². The van der Waals surface area contributed by atoms with Gasteiger partial charge in [0.05, 0.1) is 0 Å². The third-order valence-electron chi connectivity index (χ3n) is 3.27. The van der Waals surface area contributed by atoms with E-state index < -0.39 is 0 Å². The SMILES string of the molecule is CCCCC=CCCCCC=CCCCCCC. The summed E-state index contributed by atoms with van der Waals surface area (Å²) in [5.74, 6) is 0. The van der Waals surface area contributed by atoms with E-state index in [1.165, 1.54) is 77.0 Å². The monoisotopic (exact) mass is 250 g/mol. The molecule has 0 spiro atoms. The molecule has 0 rings (SSSR count). The first-order valence-electron chi connectivity index (χ1n) is 8.21. The Hall–Kier alpha value is -0.520. The molecule has 0 N–H and O–H groups in total. The summed E-state index contributed by atoms with van der Waals surface area (Å²) >= 11 is 0. The predicted molar refractivity (Wildman–Crippen MR) is 85.0 cm³/mol. The topological polar surface area (TPSA) is 0 Å². The summed E-state index contributed by atoms with van der Waals surface area (Å²) in [7, 11) is 0. The van der Waals surface area contributed by atoms with Gasteiger partial charge in [-0.05, 0) is 44.9 Å². The Balaban J connectivity index is 3.10. The average Bonchev–Trinajstić information content (AvgIpc) is 2.39. The normalized spacial score (nSPS) is 11.9. The summed E-state index contributed by atoms with van der Waals surface area (Å²) in [4.78, 5) is 0. The molecule has 0 nitrogen and oxygen atoms in total. The van der Waals surface area contributed by atoms with Crippen LogP contribution in [0.5, 0.6) is 0 Å². The third-order valence-corrected chi connectivity index (χ3v) is 3.27. The predicted octanol–water partition coefficient (Wildman–Crippen LogP) is 6.82. The molecule has 0 aliphatic rings. The maximum atomic E-state index is 2.38. The zero-order valence-corrected chi connectivity index (χ0v) is 12.8. The lowest BCUT2D eigenvalue weighted by Crippen LogP contribution is -1.75. The van der Waals surface area contributed by atoms with E-state index >= 15 is 0 Å². The van der Waals surface area contributed by atoms with Gasteiger partial charge in [-0.25, -0.2) is 0 Å². The van der Waals surface area contributed by atoms with Crippen molar-refractivity contribution >= 4 is 0 Å². The fourth-order valence-electron chi connectivity index (χ4n) is 2.01. The van der Waals surface area contributed by atoms with E-state index in [1.54, 1.807) is 0 Å². The van der Waals surface area contributed by atoms with Crippen molar-refractivity contribution < 1.29 is 0 Å². The number of unbranched alkanes of at least 4 members (excludes halogenated alkanes) is 9. The summed E-state index contributed by atoms with van der Waals surface area (Å²) in [6, 6.07) is 0. The first kappa shape index (κ1) is 17.5. The molecule has 0 radical (unpaired) electrons. The molecule has 0 aromatic rings. The van der Waals surface area contributed by atoms with Crippen molar-refractivity contribution in [3.63, 3.8) is 0 Å². The Morgan fingerprint density at radius 1 is 0.444 bits per heavy atom. The molecule has 0 heteroatoms. The van der Waals surface area contributed by atoms with Gasteiger partial charge in [0, 0.05) is 0 Å². The second-order valence-electron chi connectivity index (χ2n) is 5.22. The highest BCUT2D eigenvalue weighted by Gasteiger charge is 1.86. The highest BCUT2D eigenvalue weighted by molar-refractivity contribution is 4.83. The molecule has 0 amide bonds. The molecular weight excluding hydrogens is 216 g/mol. The molecule has 0 bridgehead atoms. The van der Waals surface area contributed by atoms with Gasteiger partial charge in [0.2, 0.25) is 0 Å². The van der Waals surface area contributed by atoms with Crippen LogP contribution in [-0.2, 0) is 0 Å². The molecule has 0 aliphatic carbocycles. The van der Waals surface area contributed by atoms with Gasteiger partial charge in [-0.15, -0.1) is 0 Å². The van der Waals surface area contributed by atoms with Crippen LogP contribution in [0.3, 0.4) is 0 Å². The average molecular weight is 250 g/mol. The Morgan fingerprint density at radius 2 is 0.833 bits per heavy atom. The summed E-state index contributed by atoms with van der Waals surface area (Å²) in [5, 5.41) is 0. The molecule has 0 atom stereocenters. The molecule has 0 saturated carbocycles. The van der Waals surface area contributed by atoms with Crippen molar-refractivity contribution in [3.05, 3.63) is 24.3 Å². The third kappa shape index (κ3) is 15.5. The molecular formula is C18H34. The minimum Gasteiger partial charge on any atom is -0.0885 e. The molecule has 0 fully saturated rings. The van der Waals surface area contributed by atoms with E-state index in [1.807, 2.05) is 0 Å². The first-order chi connectivity index (χ1) is 8.91. The van der Waals surface area contributed by atoms with Crippen LogP contribution in [0.2, 0.25) is 0 Å². The largest absolute Gasteiger partial charge is 0.0885 e. The van der Waals surface area contributed by atoms with Crippen LogP contribution in [0.15, 0.2) is 24.3 Å². The Bertz CT molecular complexity index is 188. The van der Waals surface area contributed by atoms with Crippen molar-refractivity contribution in [1.29, 1.82) is 0 Å². The van der Waals surface area contributed by atoms with Crippen LogP contribution in [0.4, 0.5) is 0 Å². The Morgan fingerprint density at radius 3 is 1.28 bits per heavy atom. The fraction of sp³-hybridized carbons (Fsp3) is 0.778. The van der Waals surface area contributed by atoms with Crippen molar-refractivity contribution in [2.75, 3.05) is 0 Å². The lowest BCUT2D eigenvalue weighted by molar-refractivity contribution is 0.673. The lowest BCUT2D eigenvalue weighted by Gasteiger charge is -1.95. The molecule has 0 aromatic carbocycles. The molecule has 0 heterocycles. The molecule has 0 aromatic heterocycles. The summed E-state index contributed by atoms with van der Waals surface area (Å²) in [6.07, 6.45) is 25.5. The van der Waals surface area contributed by atoms with Gasteiger partial charge in [-0.2, -0.15) is 0 Å². The zero-order chi connectivity index (χ0) is 13.3. The highest BCUT2D eigenvalue weighted by Crippen LogP contribution is 2.06. The smallest absolute Gasteiger partial charge is 0.0351 e. The maximum Gasteiger partial charge on any atom is -0.0351 e. The molecule has 18 heavy (non-hydrogen) atoms. The zero-order valence-electron chi connectivity index (χ0n) is 12.8. The van der Waals surface area contributed by atoms with Gasteiger partial charge in [-0.1, -0.05) is 70.3 Å². The minimum absolute atomic E-state index is 1.27. The van der Waals surface area contributed by atoms with E-state index in [-0.39, 0.29) is 0 Å². The van der Waals surface area contributed by atoms with Gasteiger partial charge >= 0.3 is 0 Å². The number of rotatable bonds is 13. The van der Waals surface area contributed by atoms with E-state index in [2.05, 4.69) is 38.2 Å². The molecule has 106 valence electrons. The van der Waals surface area contributed by atoms with Gasteiger partial charge < -0.3 is 0 Å². The van der Waals surface area contributed by atoms with Crippen molar-refractivity contribution in [3.8, 4) is 0 Å². The quantitative estimate of drug-likeness (QED) is 0.248. The van der Waals surface area contributed by atoms with E-state index in [9.17, 15) is 0 Å². The van der Waals surface area contributed by atoms with E-state index in [0.29, 0.717) is 0 Å². The number of allylic oxidation sites excluding steroid dienone is 4. The van der Waals surface area contributed by atoms with Crippen molar-refractivity contribution in [2.45, 2.75) is 90.9 Å². The maximum absolute atomic E-state index is 2.38. The van der Waals surface area contributed by atoms with Crippen molar-refractivity contribution in [1.82, 2.24) is 0 Å². The van der Waals surface area contributed by atoms with Crippen LogP contribution in [-0.4, -0.2) is 0 Å². The van der Waals surface area contributed by atoms with Crippen LogP contribution in [0.25, 0.3) is 0 Å². The second kappa shape index (κ2) is 16.5. The van der Waals surface area contributed by atoms with Crippen LogP contribution in [0, 0.1) is 0 Å². The van der Waals surface area contributed by atoms with E-state index in [4.69, 9.17) is 0 Å². The van der Waals surface area contributed by atoms with Gasteiger partial charge in [-0.3, -0.25) is 0 Å². The summed E-state index contributed by atoms with van der Waals surface area (Å²) < 4.78 is 0. The molecule has 0 unspecified atom stereocenters. The number of hydrogen-bond donors (Lipinski definition) is 0. The van der Waals surface area contributed by atoms with Crippen LogP contribution < -0.4 is 0 Å². The van der Waals surface area contributed by atoms with Gasteiger partial charge in [0.1, 0.15) is 0 Å². The minimum atomic E-state index is 1.27. The van der Waals surface area contributed by atoms with E-state index in [0.717, 1.165) is 0 Å². The van der Waals surface area contributed by atoms with Crippen molar-refractivity contribution in [2.24, 2.45) is 0 Å². The molecule has 0 aliphatic heterocycles. The fourth-order valence-corrected chi connectivity index (χ4v) is 2.01. The molecule has 0 saturated heterocycles. The summed E-state index contributed by atoms with van der Waals surface area (Å²) in [5.41, 5.74) is 0. The highest BCUT2D eigenvalue weighted by atomic mass is 13.9. The second-order valence-corrected chi connectivity index (χ2v) is 5.22. The standard InChI is InChI=1S/C18H34/c1-3-5-7-9-11-13-15-17-18-16-14-12-10-8-6-4-2/h9,11,14,16H,3-8,10,12-13,15,17-18H2,1-2H3. The van der Waals surface area contributed by atoms with Crippen LogP contribution in [0.1, 0.15) is 90.9 Å². The Labute approximate surface area is 116 Å². The van der Waals surface area contributed by atoms with Crippen LogP contribution >= 0.6 is 0 Å². The Kier molecular flexibility index (Phi) is 16.0. The summed E-state index contributed by atoms with van der Waals surface area (Å²) in [6.45, 7) is 4.52. The lowest BCUT2D eigenvalue weighted by atomic mass is 10.1. The first-order valence-corrected chi connectivity index (χ1v) is 8.21. The van der Waals surface area contributed by atoms with Gasteiger partial charge in [0.15, 0.2) is 0 Å².